The first-order valence-electron chi connectivity index (χ1n) is 15.8. The number of phosphoric ester groups is 1. The Balaban J connectivity index is 2.23. The number of hydrogen-bond donors (Lipinski definition) is 1. The average Bonchev–Trinajstić information content (AvgIpc) is 2.92. The number of benzene rings is 1. The van der Waals surface area contributed by atoms with E-state index in [2.05, 4.69) is 6.92 Å². The smallest absolute Gasteiger partial charge is 0.379 e. The molecule has 0 radical (unpaired) electrons. The largest absolute Gasteiger partial charge is 0.472 e. The van der Waals surface area contributed by atoms with Crippen molar-refractivity contribution in [3.05, 3.63) is 35.9 Å². The molecular weight excluding hydrogens is 525 g/mol. The summed E-state index contributed by atoms with van der Waals surface area (Å²) in [5.74, 6) is 0. The first-order chi connectivity index (χ1) is 19.1. The van der Waals surface area contributed by atoms with E-state index in [4.69, 9.17) is 18.5 Å². The minimum atomic E-state index is -4.19. The van der Waals surface area contributed by atoms with E-state index in [-0.39, 0.29) is 19.3 Å². The van der Waals surface area contributed by atoms with Crippen molar-refractivity contribution >= 4 is 7.82 Å². The summed E-state index contributed by atoms with van der Waals surface area (Å²) in [4.78, 5) is 10.2. The van der Waals surface area contributed by atoms with E-state index in [1.54, 1.807) is 0 Å². The number of hydrogen-bond acceptors (Lipinski definition) is 5. The van der Waals surface area contributed by atoms with Crippen molar-refractivity contribution in [2.45, 2.75) is 122 Å². The first-order valence-corrected chi connectivity index (χ1v) is 17.3. The van der Waals surface area contributed by atoms with Crippen LogP contribution in [0.4, 0.5) is 0 Å². The average molecular weight is 587 g/mol. The predicted molar refractivity (Wildman–Crippen MR) is 165 cm³/mol. The topological polar surface area (TPSA) is 74.2 Å². The summed E-state index contributed by atoms with van der Waals surface area (Å²) >= 11 is 0. The van der Waals surface area contributed by atoms with Crippen molar-refractivity contribution in [1.82, 2.24) is 0 Å². The normalized spacial score (nSPS) is 15.2. The van der Waals surface area contributed by atoms with Crippen molar-refractivity contribution in [3.63, 3.8) is 0 Å². The molecule has 1 aromatic carbocycles. The van der Waals surface area contributed by atoms with Gasteiger partial charge in [0.05, 0.1) is 41.0 Å². The van der Waals surface area contributed by atoms with Gasteiger partial charge in [0.15, 0.2) is 0 Å². The second-order valence-electron chi connectivity index (χ2n) is 12.1. The molecule has 1 aromatic rings. The number of unbranched alkanes of at least 4 members (excludes halogenated alkanes) is 13. The number of likely N-dealkylation sites (N-methyl/N-ethyl adjacent to an activating group) is 1. The maximum atomic E-state index is 12.5. The first kappa shape index (κ1) is 37.2. The van der Waals surface area contributed by atoms with Gasteiger partial charge in [-0.1, -0.05) is 121 Å². The van der Waals surface area contributed by atoms with Crippen LogP contribution in [-0.4, -0.2) is 69.1 Å². The number of nitrogens with zero attached hydrogens (tertiary/aromatic N) is 1. The van der Waals surface area contributed by atoms with Crippen LogP contribution in [0.15, 0.2) is 30.3 Å². The van der Waals surface area contributed by atoms with Crippen LogP contribution in [0.25, 0.3) is 0 Å². The Kier molecular flexibility index (Phi) is 21.2. The van der Waals surface area contributed by atoms with Crippen LogP contribution >= 0.6 is 7.82 Å². The van der Waals surface area contributed by atoms with Crippen LogP contribution in [-0.2, 0) is 29.7 Å². The zero-order chi connectivity index (χ0) is 29.5. The number of phosphoric acid groups is 1. The summed E-state index contributed by atoms with van der Waals surface area (Å²) < 4.78 is 35.5. The maximum absolute atomic E-state index is 12.5. The SMILES string of the molecule is CCCCCCCCCCCCCCCCOCC(COP(=O)(O)OCC(C)[N+](C)(C)C)OCc1ccccc1. The van der Waals surface area contributed by atoms with Crippen LogP contribution < -0.4 is 0 Å². The van der Waals surface area contributed by atoms with Crippen molar-refractivity contribution < 1.29 is 32.5 Å². The molecule has 0 saturated heterocycles. The molecule has 234 valence electrons. The molecule has 0 aliphatic rings. The number of rotatable bonds is 27. The van der Waals surface area contributed by atoms with Gasteiger partial charge in [-0.3, -0.25) is 9.05 Å². The van der Waals surface area contributed by atoms with Crippen molar-refractivity contribution in [2.75, 3.05) is 47.6 Å². The Hall–Kier alpha value is -0.790. The van der Waals surface area contributed by atoms with Crippen LogP contribution in [0.3, 0.4) is 0 Å². The van der Waals surface area contributed by atoms with Gasteiger partial charge in [-0.15, -0.1) is 0 Å². The van der Waals surface area contributed by atoms with E-state index in [1.165, 1.54) is 77.0 Å². The van der Waals surface area contributed by atoms with Crippen LogP contribution in [0, 0.1) is 0 Å². The molecule has 0 heterocycles. The summed E-state index contributed by atoms with van der Waals surface area (Å²) in [5, 5.41) is 0. The third-order valence-electron chi connectivity index (χ3n) is 7.50. The lowest BCUT2D eigenvalue weighted by Gasteiger charge is -2.31. The van der Waals surface area contributed by atoms with Gasteiger partial charge in [-0.25, -0.2) is 4.57 Å². The highest BCUT2D eigenvalue weighted by Gasteiger charge is 2.28. The molecule has 0 aromatic heterocycles. The third kappa shape index (κ3) is 21.0. The molecule has 0 bridgehead atoms. The van der Waals surface area contributed by atoms with E-state index in [0.29, 0.717) is 24.3 Å². The molecule has 1 rings (SSSR count). The lowest BCUT2D eigenvalue weighted by atomic mass is 10.0. The molecule has 0 aliphatic heterocycles. The van der Waals surface area contributed by atoms with Crippen molar-refractivity contribution in [1.29, 1.82) is 0 Å². The summed E-state index contributed by atoms with van der Waals surface area (Å²) in [7, 11) is 1.85. The molecule has 3 unspecified atom stereocenters. The fourth-order valence-electron chi connectivity index (χ4n) is 4.19. The second-order valence-corrected chi connectivity index (χ2v) is 13.6. The molecule has 0 aliphatic carbocycles. The zero-order valence-corrected chi connectivity index (χ0v) is 27.3. The van der Waals surface area contributed by atoms with Crippen LogP contribution in [0.1, 0.15) is 109 Å². The second kappa shape index (κ2) is 22.8. The minimum absolute atomic E-state index is 0.0441. The lowest BCUT2D eigenvalue weighted by Crippen LogP contribution is -2.45. The molecule has 0 saturated carbocycles. The summed E-state index contributed by atoms with van der Waals surface area (Å²) in [6, 6.07) is 9.89. The Morgan fingerprint density at radius 2 is 1.25 bits per heavy atom. The highest BCUT2D eigenvalue weighted by Crippen LogP contribution is 2.43. The fraction of sp³-hybridized carbons (Fsp3) is 0.812. The van der Waals surface area contributed by atoms with Crippen molar-refractivity contribution in [3.8, 4) is 0 Å². The monoisotopic (exact) mass is 586 g/mol. The Morgan fingerprint density at radius 3 is 1.77 bits per heavy atom. The third-order valence-corrected chi connectivity index (χ3v) is 8.45. The Labute approximate surface area is 246 Å². The van der Waals surface area contributed by atoms with Gasteiger partial charge < -0.3 is 18.9 Å². The lowest BCUT2D eigenvalue weighted by molar-refractivity contribution is -0.894. The van der Waals surface area contributed by atoms with E-state index in [9.17, 15) is 9.46 Å². The highest BCUT2D eigenvalue weighted by atomic mass is 31.2. The van der Waals surface area contributed by atoms with Gasteiger partial charge in [0.25, 0.3) is 0 Å². The summed E-state index contributed by atoms with van der Waals surface area (Å²) in [6.07, 6.45) is 18.1. The molecule has 40 heavy (non-hydrogen) atoms. The molecule has 8 heteroatoms. The van der Waals surface area contributed by atoms with E-state index >= 15 is 0 Å². The van der Waals surface area contributed by atoms with E-state index in [0.717, 1.165) is 18.4 Å². The van der Waals surface area contributed by atoms with Gasteiger partial charge in [0.2, 0.25) is 0 Å². The quantitative estimate of drug-likeness (QED) is 0.0635. The van der Waals surface area contributed by atoms with Gasteiger partial charge in [0.1, 0.15) is 18.8 Å². The molecule has 1 N–H and O–H groups in total. The molecule has 0 spiro atoms. The van der Waals surface area contributed by atoms with E-state index in [1.807, 2.05) is 58.4 Å². The van der Waals surface area contributed by atoms with Crippen molar-refractivity contribution in [2.24, 2.45) is 0 Å². The highest BCUT2D eigenvalue weighted by molar-refractivity contribution is 7.47. The number of ether oxygens (including phenoxy) is 2. The Morgan fingerprint density at radius 1 is 0.750 bits per heavy atom. The van der Waals surface area contributed by atoms with Gasteiger partial charge in [-0.2, -0.15) is 0 Å². The van der Waals surface area contributed by atoms with Crippen LogP contribution in [0.2, 0.25) is 0 Å². The van der Waals surface area contributed by atoms with E-state index < -0.39 is 13.9 Å². The molecule has 0 fully saturated rings. The standard InChI is InChI=1S/C32H60NO6P/c1-6-7-8-9-10-11-12-13-14-15-16-17-18-22-25-36-28-32(37-27-31-23-20-19-21-24-31)29-39-40(34,35)38-26-30(2)33(3,4)5/h19-21,23-24,30,32H,6-18,22,25-29H2,1-5H3/p+1. The summed E-state index contributed by atoms with van der Waals surface area (Å²) in [6.45, 7) is 5.63. The molecule has 0 amide bonds. The summed E-state index contributed by atoms with van der Waals surface area (Å²) in [5.41, 5.74) is 1.03. The van der Waals surface area contributed by atoms with Gasteiger partial charge in [0, 0.05) is 6.61 Å². The Bertz CT molecular complexity index is 758. The molecular formula is C32H61NO6P+. The van der Waals surface area contributed by atoms with Crippen LogP contribution in [0.5, 0.6) is 0 Å². The maximum Gasteiger partial charge on any atom is 0.472 e. The predicted octanol–water partition coefficient (Wildman–Crippen LogP) is 8.30. The van der Waals surface area contributed by atoms with Gasteiger partial charge >= 0.3 is 7.82 Å². The number of quaternary nitrogens is 1. The molecule has 7 nitrogen and oxygen atoms in total. The molecule has 3 atom stereocenters. The fourth-order valence-corrected chi connectivity index (χ4v) is 5.02. The zero-order valence-electron chi connectivity index (χ0n) is 26.4. The van der Waals surface area contributed by atoms with Gasteiger partial charge in [-0.05, 0) is 18.9 Å². The minimum Gasteiger partial charge on any atom is -0.379 e.